The van der Waals surface area contributed by atoms with E-state index in [9.17, 15) is 10.5 Å². The Hall–Kier alpha value is -6.48. The minimum absolute atomic E-state index is 0.191. The molecule has 300 valence electrons. The van der Waals surface area contributed by atoms with Crippen LogP contribution in [0.15, 0.2) is 61.2 Å². The van der Waals surface area contributed by atoms with Crippen molar-refractivity contribution in [1.82, 2.24) is 29.9 Å². The fourth-order valence-corrected chi connectivity index (χ4v) is 6.39. The maximum absolute atomic E-state index is 9.37. The average Bonchev–Trinajstić information content (AvgIpc) is 3.21. The zero-order valence-electron chi connectivity index (χ0n) is 34.9. The van der Waals surface area contributed by atoms with Gasteiger partial charge in [-0.15, -0.1) is 0 Å². The van der Waals surface area contributed by atoms with Gasteiger partial charge in [-0.25, -0.2) is 29.9 Å². The molecule has 6 N–H and O–H groups in total. The largest absolute Gasteiger partial charge is 0.481 e. The van der Waals surface area contributed by atoms with Gasteiger partial charge in [0.05, 0.1) is 47.5 Å². The topological polar surface area (TPSA) is 219 Å². The van der Waals surface area contributed by atoms with E-state index in [1.165, 1.54) is 0 Å². The predicted octanol–water partition coefficient (Wildman–Crippen LogP) is 8.71. The molecule has 0 unspecified atom stereocenters. The molecule has 0 amide bonds. The van der Waals surface area contributed by atoms with Crippen molar-refractivity contribution in [2.75, 3.05) is 24.9 Å². The Kier molecular flexibility index (Phi) is 13.1. The highest BCUT2D eigenvalue weighted by molar-refractivity contribution is 5.92. The van der Waals surface area contributed by atoms with E-state index < -0.39 is 11.1 Å². The molecule has 2 atom stereocenters. The summed E-state index contributed by atoms with van der Waals surface area (Å²) in [5, 5.41) is 28.6. The fourth-order valence-electron chi connectivity index (χ4n) is 6.39. The first-order valence-electron chi connectivity index (χ1n) is 19.2. The van der Waals surface area contributed by atoms with Crippen LogP contribution in [0, 0.1) is 22.7 Å². The van der Waals surface area contributed by atoms with Crippen LogP contribution in [0.3, 0.4) is 0 Å². The lowest BCUT2D eigenvalue weighted by atomic mass is 9.93. The molecule has 14 heteroatoms. The van der Waals surface area contributed by atoms with Crippen molar-refractivity contribution in [1.29, 1.82) is 10.5 Å². The first kappa shape index (κ1) is 42.7. The van der Waals surface area contributed by atoms with Crippen LogP contribution in [0.1, 0.15) is 114 Å². The normalized spacial score (nSPS) is 12.4. The maximum Gasteiger partial charge on any atom is 0.222 e. The van der Waals surface area contributed by atoms with Crippen molar-refractivity contribution in [2.45, 2.75) is 91.1 Å². The van der Waals surface area contributed by atoms with E-state index in [0.29, 0.717) is 46.2 Å². The molecule has 0 saturated heterocycles. The van der Waals surface area contributed by atoms with Gasteiger partial charge in [-0.1, -0.05) is 27.7 Å². The van der Waals surface area contributed by atoms with Crippen LogP contribution in [0.5, 0.6) is 11.8 Å². The summed E-state index contributed by atoms with van der Waals surface area (Å²) in [6, 6.07) is 15.4. The van der Waals surface area contributed by atoms with Crippen molar-refractivity contribution in [2.24, 2.45) is 11.5 Å². The summed E-state index contributed by atoms with van der Waals surface area (Å²) in [6.07, 6.45) is 8.73. The monoisotopic (exact) mass is 780 g/mol. The van der Waals surface area contributed by atoms with E-state index in [1.807, 2.05) is 39.8 Å². The molecule has 0 fully saturated rings. The van der Waals surface area contributed by atoms with Crippen LogP contribution < -0.4 is 31.6 Å². The van der Waals surface area contributed by atoms with Crippen LogP contribution in [0.4, 0.5) is 23.3 Å². The van der Waals surface area contributed by atoms with Gasteiger partial charge < -0.3 is 31.6 Å². The van der Waals surface area contributed by atoms with Gasteiger partial charge in [0.2, 0.25) is 11.8 Å². The summed E-state index contributed by atoms with van der Waals surface area (Å²) >= 11 is 0. The number of rotatable bonds is 12. The van der Waals surface area contributed by atoms with E-state index in [-0.39, 0.29) is 11.8 Å². The second-order valence-corrected chi connectivity index (χ2v) is 15.4. The van der Waals surface area contributed by atoms with Gasteiger partial charge in [-0.2, -0.15) is 10.5 Å². The molecule has 0 saturated carbocycles. The first-order chi connectivity index (χ1) is 27.6. The molecule has 58 heavy (non-hydrogen) atoms. The highest BCUT2D eigenvalue weighted by atomic mass is 16.5. The molecular weight excluding hydrogens is 729 g/mol. The molecule has 6 aromatic heterocycles. The summed E-state index contributed by atoms with van der Waals surface area (Å²) in [5.74, 6) is 3.92. The van der Waals surface area contributed by atoms with E-state index in [0.717, 1.165) is 56.9 Å². The number of aromatic nitrogens is 6. The number of hydrogen-bond donors (Lipinski definition) is 4. The van der Waals surface area contributed by atoms with Crippen molar-refractivity contribution in [3.05, 3.63) is 94.8 Å². The quantitative estimate of drug-likeness (QED) is 0.0913. The number of nitrogens with two attached hydrogens (primary N) is 2. The highest BCUT2D eigenvalue weighted by Gasteiger charge is 2.23. The standard InChI is InChI=1S/2C22H26N6O/c2*1-6-13(2)20-14(10-23)7-8-18(28-20)27-19-9-15-16(11-25-19)21(29-5)26-12-17(15)22(3,4)24/h2*7-9,11-13H,6,24H2,1-5H3,(H,25,27,28)/t2*13-/m10/s1. The molecule has 14 nitrogen and oxygen atoms in total. The maximum atomic E-state index is 9.37. The summed E-state index contributed by atoms with van der Waals surface area (Å²) in [7, 11) is 3.16. The Bertz CT molecular complexity index is 2340. The molecule has 0 bridgehead atoms. The van der Waals surface area contributed by atoms with Crippen LogP contribution in [-0.2, 0) is 11.1 Å². The Morgan fingerprint density at radius 2 is 0.983 bits per heavy atom. The number of anilines is 4. The number of fused-ring (bicyclic) bond motifs is 2. The molecular formula is C44H52N12O2. The lowest BCUT2D eigenvalue weighted by molar-refractivity contribution is 0.402. The van der Waals surface area contributed by atoms with Gasteiger partial charge in [0.1, 0.15) is 35.4 Å². The third-order valence-electron chi connectivity index (χ3n) is 10.0. The van der Waals surface area contributed by atoms with Crippen molar-refractivity contribution >= 4 is 44.8 Å². The molecule has 0 spiro atoms. The molecule has 6 rings (SSSR count). The molecule has 0 radical (unpaired) electrons. The molecule has 0 aromatic carbocycles. The molecule has 6 heterocycles. The van der Waals surface area contributed by atoms with E-state index >= 15 is 0 Å². The smallest absolute Gasteiger partial charge is 0.222 e. The molecule has 0 aliphatic rings. The summed E-state index contributed by atoms with van der Waals surface area (Å²) in [5.41, 5.74) is 16.1. The Balaban J connectivity index is 0.000000221. The molecule has 0 aliphatic heterocycles. The Labute approximate surface area is 340 Å². The van der Waals surface area contributed by atoms with Crippen LogP contribution in [0.25, 0.3) is 21.5 Å². The predicted molar refractivity (Wildman–Crippen MR) is 228 cm³/mol. The van der Waals surface area contributed by atoms with Crippen LogP contribution in [0.2, 0.25) is 0 Å². The van der Waals surface area contributed by atoms with Gasteiger partial charge in [-0.3, -0.25) is 0 Å². The van der Waals surface area contributed by atoms with E-state index in [2.05, 4.69) is 80.4 Å². The zero-order chi connectivity index (χ0) is 42.4. The summed E-state index contributed by atoms with van der Waals surface area (Å²) in [4.78, 5) is 27.0. The third kappa shape index (κ3) is 9.37. The van der Waals surface area contributed by atoms with Gasteiger partial charge in [0.25, 0.3) is 0 Å². The SMILES string of the molecule is CC[C@@H](C)c1nc(Nc2cc3c(C(C)(C)N)cnc(OC)c3cn2)ccc1C#N.CC[C@H](C)c1nc(Nc2cc3c(C(C)(C)N)cnc(OC)c3cn2)ccc1C#N. The second-order valence-electron chi connectivity index (χ2n) is 15.4. The average molecular weight is 781 g/mol. The highest BCUT2D eigenvalue weighted by Crippen LogP contribution is 2.35. The minimum atomic E-state index is -0.577. The number of hydrogen-bond acceptors (Lipinski definition) is 14. The van der Waals surface area contributed by atoms with Crippen LogP contribution >= 0.6 is 0 Å². The van der Waals surface area contributed by atoms with Gasteiger partial charge in [0, 0.05) is 35.9 Å². The Morgan fingerprint density at radius 3 is 1.29 bits per heavy atom. The van der Waals surface area contributed by atoms with Gasteiger partial charge >= 0.3 is 0 Å². The lowest BCUT2D eigenvalue weighted by Crippen LogP contribution is -2.29. The van der Waals surface area contributed by atoms with E-state index in [4.69, 9.17) is 20.9 Å². The van der Waals surface area contributed by atoms with Crippen molar-refractivity contribution in [3.8, 4) is 23.9 Å². The van der Waals surface area contributed by atoms with Gasteiger partial charge in [-0.05, 0) is 111 Å². The molecule has 0 aliphatic carbocycles. The third-order valence-corrected chi connectivity index (χ3v) is 10.0. The number of nitriles is 2. The van der Waals surface area contributed by atoms with Gasteiger partial charge in [0.15, 0.2) is 0 Å². The van der Waals surface area contributed by atoms with E-state index in [1.54, 1.807) is 63.3 Å². The fraction of sp³-hybridized carbons (Fsp3) is 0.364. The van der Waals surface area contributed by atoms with Crippen LogP contribution in [-0.4, -0.2) is 44.1 Å². The number of nitrogens with zero attached hydrogens (tertiary/aromatic N) is 8. The van der Waals surface area contributed by atoms with Crippen molar-refractivity contribution < 1.29 is 9.47 Å². The second kappa shape index (κ2) is 17.8. The summed E-state index contributed by atoms with van der Waals surface area (Å²) < 4.78 is 10.8. The number of ether oxygens (including phenoxy) is 2. The minimum Gasteiger partial charge on any atom is -0.481 e. The number of methoxy groups -OCH3 is 2. The zero-order valence-corrected chi connectivity index (χ0v) is 34.9. The van der Waals surface area contributed by atoms with Crippen molar-refractivity contribution in [3.63, 3.8) is 0 Å². The first-order valence-corrected chi connectivity index (χ1v) is 19.2. The lowest BCUT2D eigenvalue weighted by Gasteiger charge is -2.22. The Morgan fingerprint density at radius 1 is 0.603 bits per heavy atom. The number of pyridine rings is 6. The molecule has 6 aromatic rings. The summed E-state index contributed by atoms with van der Waals surface area (Å²) in [6.45, 7) is 16.0. The number of nitrogens with one attached hydrogen (secondary N) is 2.